The Morgan fingerprint density at radius 2 is 1.90 bits per heavy atom. The Hall–Kier alpha value is -1.68. The van der Waals surface area contributed by atoms with Gasteiger partial charge in [-0.3, -0.25) is 9.69 Å². The second-order valence-corrected chi connectivity index (χ2v) is 5.47. The second kappa shape index (κ2) is 7.36. The first-order valence-electron chi connectivity index (χ1n) is 7.92. The van der Waals surface area contributed by atoms with Crippen molar-refractivity contribution >= 4 is 16.8 Å². The molecular weight excluding hydrogens is 262 g/mol. The number of Topliss-reactive ketones (excluding diaryl/α,β-unsaturated/α-hetero) is 1. The number of hydrogen-bond acceptors (Lipinski definition) is 3. The van der Waals surface area contributed by atoms with Crippen LogP contribution in [0.5, 0.6) is 0 Å². The van der Waals surface area contributed by atoms with Gasteiger partial charge in [-0.15, -0.1) is 0 Å². The molecule has 0 spiro atoms. The molecule has 21 heavy (non-hydrogen) atoms. The zero-order valence-electron chi connectivity index (χ0n) is 13.3. The maximum atomic E-state index is 12.4. The van der Waals surface area contributed by atoms with E-state index >= 15 is 0 Å². The Balaban J connectivity index is 2.14. The van der Waals surface area contributed by atoms with Crippen LogP contribution >= 0.6 is 0 Å². The number of H-pyrrole nitrogens is 1. The molecule has 0 unspecified atom stereocenters. The van der Waals surface area contributed by atoms with Crippen LogP contribution in [-0.4, -0.2) is 40.3 Å². The molecule has 1 heterocycles. The number of nitrogens with one attached hydrogen (secondary N) is 1. The van der Waals surface area contributed by atoms with Crippen LogP contribution in [0.3, 0.4) is 0 Å². The van der Waals surface area contributed by atoms with Crippen molar-refractivity contribution < 1.29 is 4.79 Å². The SMILES string of the molecule is CCCN(CCC)CC(=O)c1ccc2nc(CC)[nH]c2c1. The standard InChI is InChI=1S/C17H25N3O/c1-4-9-20(10-5-2)12-16(21)13-7-8-14-15(11-13)19-17(6-3)18-14/h7-8,11H,4-6,9-10,12H2,1-3H3,(H,18,19). The van der Waals surface area contributed by atoms with Crippen molar-refractivity contribution in [3.63, 3.8) is 0 Å². The van der Waals surface area contributed by atoms with Gasteiger partial charge in [0, 0.05) is 12.0 Å². The maximum absolute atomic E-state index is 12.4. The summed E-state index contributed by atoms with van der Waals surface area (Å²) in [7, 11) is 0. The number of benzene rings is 1. The van der Waals surface area contributed by atoms with Crippen LogP contribution in [0.2, 0.25) is 0 Å². The molecule has 0 fully saturated rings. The van der Waals surface area contributed by atoms with E-state index in [2.05, 4.69) is 35.6 Å². The summed E-state index contributed by atoms with van der Waals surface area (Å²) in [4.78, 5) is 22.4. The third-order valence-electron chi connectivity index (χ3n) is 3.63. The molecule has 0 aliphatic carbocycles. The van der Waals surface area contributed by atoms with Crippen LogP contribution in [0.1, 0.15) is 49.8 Å². The molecule has 4 heteroatoms. The molecule has 4 nitrogen and oxygen atoms in total. The van der Waals surface area contributed by atoms with E-state index in [0.717, 1.165) is 54.8 Å². The molecule has 1 aromatic carbocycles. The van der Waals surface area contributed by atoms with Crippen molar-refractivity contribution in [2.75, 3.05) is 19.6 Å². The number of ketones is 1. The normalized spacial score (nSPS) is 11.4. The summed E-state index contributed by atoms with van der Waals surface area (Å²) < 4.78 is 0. The monoisotopic (exact) mass is 287 g/mol. The predicted molar refractivity (Wildman–Crippen MR) is 86.8 cm³/mol. The third-order valence-corrected chi connectivity index (χ3v) is 3.63. The molecule has 1 aromatic heterocycles. The predicted octanol–water partition coefficient (Wildman–Crippen LogP) is 3.43. The lowest BCUT2D eigenvalue weighted by molar-refractivity contribution is 0.0930. The van der Waals surface area contributed by atoms with Gasteiger partial charge >= 0.3 is 0 Å². The van der Waals surface area contributed by atoms with Crippen molar-refractivity contribution in [1.82, 2.24) is 14.9 Å². The Bertz CT molecular complexity index is 597. The van der Waals surface area contributed by atoms with E-state index in [-0.39, 0.29) is 5.78 Å². The molecule has 0 saturated heterocycles. The number of aromatic amines is 1. The molecule has 0 amide bonds. The van der Waals surface area contributed by atoms with Crippen molar-refractivity contribution in [2.24, 2.45) is 0 Å². The van der Waals surface area contributed by atoms with Gasteiger partial charge < -0.3 is 4.98 Å². The summed E-state index contributed by atoms with van der Waals surface area (Å²) in [6.45, 7) is 8.82. The molecule has 0 aliphatic rings. The summed E-state index contributed by atoms with van der Waals surface area (Å²) in [5, 5.41) is 0. The Morgan fingerprint density at radius 3 is 2.52 bits per heavy atom. The van der Waals surface area contributed by atoms with Gasteiger partial charge in [0.15, 0.2) is 5.78 Å². The van der Waals surface area contributed by atoms with Crippen molar-refractivity contribution in [2.45, 2.75) is 40.0 Å². The number of aromatic nitrogens is 2. The zero-order valence-corrected chi connectivity index (χ0v) is 13.3. The Kier molecular flexibility index (Phi) is 5.51. The van der Waals surface area contributed by atoms with Gasteiger partial charge in [0.1, 0.15) is 5.82 Å². The fourth-order valence-corrected chi connectivity index (χ4v) is 2.60. The highest BCUT2D eigenvalue weighted by Crippen LogP contribution is 2.15. The van der Waals surface area contributed by atoms with E-state index < -0.39 is 0 Å². The molecule has 0 radical (unpaired) electrons. The van der Waals surface area contributed by atoms with E-state index in [4.69, 9.17) is 0 Å². The molecule has 2 rings (SSSR count). The number of aryl methyl sites for hydroxylation is 1. The minimum absolute atomic E-state index is 0.187. The minimum Gasteiger partial charge on any atom is -0.342 e. The number of rotatable bonds is 8. The van der Waals surface area contributed by atoms with E-state index in [0.29, 0.717) is 6.54 Å². The lowest BCUT2D eigenvalue weighted by Crippen LogP contribution is -2.31. The molecular formula is C17H25N3O. The number of fused-ring (bicyclic) bond motifs is 1. The number of imidazole rings is 1. The topological polar surface area (TPSA) is 49.0 Å². The van der Waals surface area contributed by atoms with Gasteiger partial charge in [-0.25, -0.2) is 4.98 Å². The first kappa shape index (κ1) is 15.7. The lowest BCUT2D eigenvalue weighted by Gasteiger charge is -2.19. The Labute approximate surface area is 126 Å². The fourth-order valence-electron chi connectivity index (χ4n) is 2.60. The summed E-state index contributed by atoms with van der Waals surface area (Å²) >= 11 is 0. The molecule has 0 atom stereocenters. The van der Waals surface area contributed by atoms with Gasteiger partial charge in [-0.2, -0.15) is 0 Å². The molecule has 0 bridgehead atoms. The minimum atomic E-state index is 0.187. The van der Waals surface area contributed by atoms with E-state index in [9.17, 15) is 4.79 Å². The number of carbonyl (C=O) groups excluding carboxylic acids is 1. The van der Waals surface area contributed by atoms with Crippen LogP contribution in [0.25, 0.3) is 11.0 Å². The van der Waals surface area contributed by atoms with Crippen molar-refractivity contribution in [3.8, 4) is 0 Å². The summed E-state index contributed by atoms with van der Waals surface area (Å²) in [6, 6.07) is 5.75. The van der Waals surface area contributed by atoms with Crippen LogP contribution < -0.4 is 0 Å². The van der Waals surface area contributed by atoms with Crippen molar-refractivity contribution in [1.29, 1.82) is 0 Å². The van der Waals surface area contributed by atoms with E-state index in [1.165, 1.54) is 0 Å². The largest absolute Gasteiger partial charge is 0.342 e. The average Bonchev–Trinajstić information content (AvgIpc) is 2.89. The van der Waals surface area contributed by atoms with Gasteiger partial charge in [0.25, 0.3) is 0 Å². The second-order valence-electron chi connectivity index (χ2n) is 5.47. The van der Waals surface area contributed by atoms with E-state index in [1.54, 1.807) is 0 Å². The van der Waals surface area contributed by atoms with Gasteiger partial charge in [-0.05, 0) is 44.1 Å². The summed E-state index contributed by atoms with van der Waals surface area (Å²) in [6.07, 6.45) is 3.03. The maximum Gasteiger partial charge on any atom is 0.176 e. The van der Waals surface area contributed by atoms with Crippen molar-refractivity contribution in [3.05, 3.63) is 29.6 Å². The zero-order chi connectivity index (χ0) is 15.2. The van der Waals surface area contributed by atoms with Gasteiger partial charge in [-0.1, -0.05) is 20.8 Å². The van der Waals surface area contributed by atoms with Crippen LogP contribution in [0.15, 0.2) is 18.2 Å². The first-order valence-corrected chi connectivity index (χ1v) is 7.92. The Morgan fingerprint density at radius 1 is 1.19 bits per heavy atom. The summed E-state index contributed by atoms with van der Waals surface area (Å²) in [5.41, 5.74) is 2.66. The lowest BCUT2D eigenvalue weighted by atomic mass is 10.1. The van der Waals surface area contributed by atoms with Gasteiger partial charge in [0.2, 0.25) is 0 Å². The highest BCUT2D eigenvalue weighted by Gasteiger charge is 2.13. The molecule has 0 saturated carbocycles. The smallest absolute Gasteiger partial charge is 0.176 e. The highest BCUT2D eigenvalue weighted by atomic mass is 16.1. The molecule has 0 aliphatic heterocycles. The van der Waals surface area contributed by atoms with Crippen LogP contribution in [0, 0.1) is 0 Å². The number of hydrogen-bond donors (Lipinski definition) is 1. The van der Waals surface area contributed by atoms with Crippen LogP contribution in [0.4, 0.5) is 0 Å². The van der Waals surface area contributed by atoms with Crippen LogP contribution in [-0.2, 0) is 6.42 Å². The average molecular weight is 287 g/mol. The van der Waals surface area contributed by atoms with E-state index in [1.807, 2.05) is 18.2 Å². The quantitative estimate of drug-likeness (QED) is 0.757. The molecule has 2 aromatic rings. The fraction of sp³-hybridized carbons (Fsp3) is 0.529. The highest BCUT2D eigenvalue weighted by molar-refractivity contribution is 6.00. The number of nitrogens with zero attached hydrogens (tertiary/aromatic N) is 2. The first-order chi connectivity index (χ1) is 10.2. The van der Waals surface area contributed by atoms with Gasteiger partial charge in [0.05, 0.1) is 17.6 Å². The molecule has 1 N–H and O–H groups in total. The third kappa shape index (κ3) is 3.91. The summed E-state index contributed by atoms with van der Waals surface area (Å²) in [5.74, 6) is 1.15. The number of carbonyl (C=O) groups is 1. The molecule has 114 valence electrons.